The standard InChI is InChI=1S/C18H22O3.C9H11NO/c1-5-6-16(11-18(19)20)15-7-9-17(10-8-15)21-12-14(4)13(2)3;10-9-7-4-2-1-3-6(7)5-8(9)11/h7-10,16H,11-12H2,1-4H3,(H,19,20);1-4,8-9,11H,5,10H2/t16-;8-,9+/m00/s1. The van der Waals surface area contributed by atoms with Crippen LogP contribution in [0.3, 0.4) is 0 Å². The van der Waals surface area contributed by atoms with Gasteiger partial charge in [-0.3, -0.25) is 0 Å². The summed E-state index contributed by atoms with van der Waals surface area (Å²) in [6.07, 6.45) is 0.398. The predicted octanol–water partition coefficient (Wildman–Crippen LogP) is 2.56. The van der Waals surface area contributed by atoms with E-state index in [4.69, 9.17) is 4.74 Å². The fourth-order valence-electron chi connectivity index (χ4n) is 3.38. The van der Waals surface area contributed by atoms with E-state index in [1.54, 1.807) is 6.92 Å². The number of carboxylic acid groups (broad SMARTS) is 1. The largest absolute Gasteiger partial charge is 0.550 e. The molecule has 0 fully saturated rings. The molecule has 0 radical (unpaired) electrons. The molecule has 0 aromatic heterocycles. The molecule has 0 saturated heterocycles. The van der Waals surface area contributed by atoms with Gasteiger partial charge in [0.2, 0.25) is 0 Å². The molecule has 3 rings (SSSR count). The molecule has 2 aromatic rings. The van der Waals surface area contributed by atoms with E-state index in [0.717, 1.165) is 17.7 Å². The Morgan fingerprint density at radius 2 is 1.84 bits per heavy atom. The lowest BCUT2D eigenvalue weighted by molar-refractivity contribution is -0.441. The minimum absolute atomic E-state index is 0.0752. The van der Waals surface area contributed by atoms with Gasteiger partial charge >= 0.3 is 0 Å². The van der Waals surface area contributed by atoms with Crippen molar-refractivity contribution in [3.63, 3.8) is 0 Å². The van der Waals surface area contributed by atoms with Crippen LogP contribution < -0.4 is 15.6 Å². The van der Waals surface area contributed by atoms with Crippen molar-refractivity contribution in [2.24, 2.45) is 0 Å². The van der Waals surface area contributed by atoms with Gasteiger partial charge in [-0.2, -0.15) is 0 Å². The molecule has 0 bridgehead atoms. The average Bonchev–Trinajstić information content (AvgIpc) is 3.06. The van der Waals surface area contributed by atoms with Crippen LogP contribution in [-0.4, -0.2) is 23.8 Å². The van der Waals surface area contributed by atoms with E-state index in [2.05, 4.69) is 37.5 Å². The molecule has 0 saturated carbocycles. The molecule has 5 nitrogen and oxygen atoms in total. The first-order valence-electron chi connectivity index (χ1n) is 10.8. The minimum atomic E-state index is -1.10. The van der Waals surface area contributed by atoms with Crippen LogP contribution in [0, 0.1) is 11.8 Å². The number of carbonyl (C=O) groups is 1. The molecule has 4 N–H and O–H groups in total. The summed E-state index contributed by atoms with van der Waals surface area (Å²) in [6.45, 7) is 8.39. The number of rotatable bonds is 6. The molecular weight excluding hydrogens is 402 g/mol. The number of fused-ring (bicyclic) bond motifs is 1. The third-order valence-corrected chi connectivity index (χ3v) is 5.63. The molecule has 5 heteroatoms. The number of carboxylic acids is 1. The number of aliphatic carboxylic acids is 1. The van der Waals surface area contributed by atoms with Crippen molar-refractivity contribution < 1.29 is 25.5 Å². The fourth-order valence-corrected chi connectivity index (χ4v) is 3.38. The molecular formula is C27H33NO4. The fraction of sp³-hybridized carbons (Fsp3) is 0.370. The minimum Gasteiger partial charge on any atom is -0.550 e. The summed E-state index contributed by atoms with van der Waals surface area (Å²) in [7, 11) is 0. The van der Waals surface area contributed by atoms with Gasteiger partial charge in [-0.15, -0.1) is 5.92 Å². The van der Waals surface area contributed by atoms with Crippen LogP contribution in [0.1, 0.15) is 62.8 Å². The molecule has 0 unspecified atom stereocenters. The maximum absolute atomic E-state index is 10.8. The summed E-state index contributed by atoms with van der Waals surface area (Å²) in [5.74, 6) is 4.98. The Kier molecular flexibility index (Phi) is 9.52. The smallest absolute Gasteiger partial charge is 0.137 e. The topological polar surface area (TPSA) is 97.2 Å². The van der Waals surface area contributed by atoms with Crippen molar-refractivity contribution in [3.8, 4) is 17.6 Å². The Bertz CT molecular complexity index is 994. The Morgan fingerprint density at radius 1 is 1.19 bits per heavy atom. The number of benzene rings is 2. The molecule has 2 aromatic carbocycles. The zero-order valence-corrected chi connectivity index (χ0v) is 19.4. The highest BCUT2D eigenvalue weighted by atomic mass is 16.5. The van der Waals surface area contributed by atoms with Crippen LogP contribution in [0.5, 0.6) is 5.75 Å². The second-order valence-corrected chi connectivity index (χ2v) is 8.24. The molecule has 32 heavy (non-hydrogen) atoms. The number of aliphatic hydroxyl groups is 1. The van der Waals surface area contributed by atoms with E-state index in [1.165, 1.54) is 22.3 Å². The Balaban J connectivity index is 0.000000273. The third-order valence-electron chi connectivity index (χ3n) is 5.63. The second kappa shape index (κ2) is 12.1. The molecule has 0 aliphatic heterocycles. The van der Waals surface area contributed by atoms with Crippen molar-refractivity contribution in [3.05, 3.63) is 76.4 Å². The van der Waals surface area contributed by atoms with Gasteiger partial charge in [0.15, 0.2) is 0 Å². The number of quaternary nitrogens is 1. The summed E-state index contributed by atoms with van der Waals surface area (Å²) >= 11 is 0. The highest BCUT2D eigenvalue weighted by molar-refractivity contribution is 5.66. The Labute approximate surface area is 190 Å². The van der Waals surface area contributed by atoms with Crippen LogP contribution in [0.4, 0.5) is 0 Å². The van der Waals surface area contributed by atoms with Crippen LogP contribution in [0.15, 0.2) is 59.7 Å². The Morgan fingerprint density at radius 3 is 2.41 bits per heavy atom. The van der Waals surface area contributed by atoms with Crippen LogP contribution in [-0.2, 0) is 11.2 Å². The van der Waals surface area contributed by atoms with Gasteiger partial charge in [0.25, 0.3) is 0 Å². The lowest BCUT2D eigenvalue weighted by atomic mass is 9.96. The zero-order valence-electron chi connectivity index (χ0n) is 19.4. The summed E-state index contributed by atoms with van der Waals surface area (Å²) in [4.78, 5) is 10.8. The second-order valence-electron chi connectivity index (χ2n) is 8.24. The van der Waals surface area contributed by atoms with Crippen LogP contribution >= 0.6 is 0 Å². The van der Waals surface area contributed by atoms with Crippen molar-refractivity contribution >= 4 is 5.97 Å². The first kappa shape index (κ1) is 25.2. The number of carbonyl (C=O) groups excluding carboxylic acids is 1. The van der Waals surface area contributed by atoms with Crippen LogP contribution in [0.25, 0.3) is 0 Å². The maximum Gasteiger partial charge on any atom is 0.137 e. The number of hydrogen-bond acceptors (Lipinski definition) is 4. The summed E-state index contributed by atoms with van der Waals surface area (Å²) in [5, 5.41) is 20.2. The normalized spacial score (nSPS) is 17.1. The van der Waals surface area contributed by atoms with Crippen molar-refractivity contribution in [2.75, 3.05) is 6.61 Å². The van der Waals surface area contributed by atoms with Crippen molar-refractivity contribution in [1.82, 2.24) is 0 Å². The predicted molar refractivity (Wildman–Crippen MR) is 124 cm³/mol. The third kappa shape index (κ3) is 7.26. The first-order chi connectivity index (χ1) is 15.2. The number of allylic oxidation sites excluding steroid dienone is 1. The Hall–Kier alpha value is -3.07. The zero-order chi connectivity index (χ0) is 23.7. The van der Waals surface area contributed by atoms with Crippen LogP contribution in [0.2, 0.25) is 0 Å². The van der Waals surface area contributed by atoms with E-state index in [1.807, 2.05) is 49.4 Å². The molecule has 1 aliphatic carbocycles. The van der Waals surface area contributed by atoms with Gasteiger partial charge in [-0.1, -0.05) is 47.9 Å². The van der Waals surface area contributed by atoms with Gasteiger partial charge in [0.1, 0.15) is 24.5 Å². The van der Waals surface area contributed by atoms with E-state index in [9.17, 15) is 15.0 Å². The number of hydrogen-bond donors (Lipinski definition) is 2. The quantitative estimate of drug-likeness (QED) is 0.538. The first-order valence-corrected chi connectivity index (χ1v) is 10.8. The molecule has 170 valence electrons. The van der Waals surface area contributed by atoms with Crippen molar-refractivity contribution in [1.29, 1.82) is 0 Å². The van der Waals surface area contributed by atoms with Gasteiger partial charge in [-0.25, -0.2) is 0 Å². The van der Waals surface area contributed by atoms with E-state index >= 15 is 0 Å². The molecule has 0 spiro atoms. The number of ether oxygens (including phenoxy) is 1. The molecule has 0 amide bonds. The van der Waals surface area contributed by atoms with Crippen molar-refractivity contribution in [2.45, 2.75) is 58.6 Å². The van der Waals surface area contributed by atoms with Gasteiger partial charge in [0.05, 0.1) is 5.92 Å². The molecule has 0 heterocycles. The SMILES string of the molecule is CC#C[C@@H](CC(=O)[O-])c1ccc(OCC(C)=C(C)C)cc1.[NH3+][C@@H]1c2ccccc2C[C@@H]1O. The highest BCUT2D eigenvalue weighted by Crippen LogP contribution is 2.27. The van der Waals surface area contributed by atoms with E-state index < -0.39 is 5.97 Å². The van der Waals surface area contributed by atoms with Gasteiger partial charge in [-0.05, 0) is 56.5 Å². The highest BCUT2D eigenvalue weighted by Gasteiger charge is 2.30. The molecule has 1 aliphatic rings. The van der Waals surface area contributed by atoms with E-state index in [0.29, 0.717) is 6.61 Å². The van der Waals surface area contributed by atoms with Gasteiger partial charge in [0, 0.05) is 24.4 Å². The lowest BCUT2D eigenvalue weighted by Crippen LogP contribution is -2.57. The lowest BCUT2D eigenvalue weighted by Gasteiger charge is -2.13. The summed E-state index contributed by atoms with van der Waals surface area (Å²) < 4.78 is 5.68. The monoisotopic (exact) mass is 435 g/mol. The maximum atomic E-state index is 10.8. The number of aliphatic hydroxyl groups excluding tert-OH is 1. The summed E-state index contributed by atoms with van der Waals surface area (Å²) in [6, 6.07) is 15.6. The van der Waals surface area contributed by atoms with E-state index in [-0.39, 0.29) is 24.5 Å². The summed E-state index contributed by atoms with van der Waals surface area (Å²) in [5.41, 5.74) is 9.68. The van der Waals surface area contributed by atoms with Gasteiger partial charge < -0.3 is 25.5 Å². The average molecular weight is 436 g/mol. The molecule has 3 atom stereocenters.